The summed E-state index contributed by atoms with van der Waals surface area (Å²) >= 11 is 0. The van der Waals surface area contributed by atoms with Crippen LogP contribution >= 0.6 is 0 Å². The molecule has 0 aromatic carbocycles. The smallest absolute Gasteiger partial charge is 0.0949 e. The molecule has 0 radical (unpaired) electrons. The van der Waals surface area contributed by atoms with Gasteiger partial charge in [-0.15, -0.1) is 0 Å². The first-order chi connectivity index (χ1) is 8.31. The van der Waals surface area contributed by atoms with Crippen molar-refractivity contribution in [1.82, 2.24) is 14.5 Å². The van der Waals surface area contributed by atoms with Crippen LogP contribution in [0.25, 0.3) is 0 Å². The third-order valence-electron chi connectivity index (χ3n) is 3.43. The van der Waals surface area contributed by atoms with E-state index in [-0.39, 0.29) is 12.6 Å². The van der Waals surface area contributed by atoms with Crippen LogP contribution in [0.2, 0.25) is 0 Å². The quantitative estimate of drug-likeness (QED) is 0.777. The molecule has 0 spiro atoms. The third kappa shape index (κ3) is 3.28. The first kappa shape index (κ1) is 12.5. The molecule has 2 rings (SSSR count). The lowest BCUT2D eigenvalue weighted by molar-refractivity contribution is 0.217. The molecule has 3 N–H and O–H groups in total. The highest BCUT2D eigenvalue weighted by molar-refractivity contribution is 5.04. The third-order valence-corrected chi connectivity index (χ3v) is 3.43. The summed E-state index contributed by atoms with van der Waals surface area (Å²) < 4.78 is 2.05. The highest BCUT2D eigenvalue weighted by Crippen LogP contribution is 2.11. The molecule has 1 aromatic rings. The maximum atomic E-state index is 9.07. The van der Waals surface area contributed by atoms with E-state index in [1.165, 1.54) is 32.4 Å². The molecular formula is C12H22N4O. The first-order valence-corrected chi connectivity index (χ1v) is 6.40. The van der Waals surface area contributed by atoms with Gasteiger partial charge in [0.2, 0.25) is 0 Å². The Hall–Kier alpha value is -0.910. The highest BCUT2D eigenvalue weighted by atomic mass is 16.3. The van der Waals surface area contributed by atoms with Crippen molar-refractivity contribution < 1.29 is 5.11 Å². The number of imidazole rings is 1. The van der Waals surface area contributed by atoms with Crippen molar-refractivity contribution in [2.24, 2.45) is 5.73 Å². The van der Waals surface area contributed by atoms with Crippen LogP contribution in [0.3, 0.4) is 0 Å². The number of hydrogen-bond acceptors (Lipinski definition) is 4. The summed E-state index contributed by atoms with van der Waals surface area (Å²) in [7, 11) is 0. The van der Waals surface area contributed by atoms with Crippen molar-refractivity contribution in [2.45, 2.75) is 31.8 Å². The summed E-state index contributed by atoms with van der Waals surface area (Å²) in [6.07, 6.45) is 7.54. The van der Waals surface area contributed by atoms with E-state index < -0.39 is 0 Å². The fraction of sp³-hybridized carbons (Fsp3) is 0.750. The van der Waals surface area contributed by atoms with E-state index in [0.717, 1.165) is 18.8 Å². The molecule has 1 aliphatic heterocycles. The first-order valence-electron chi connectivity index (χ1n) is 6.40. The van der Waals surface area contributed by atoms with Crippen LogP contribution in [-0.4, -0.2) is 45.8 Å². The van der Waals surface area contributed by atoms with Gasteiger partial charge in [-0.2, -0.15) is 0 Å². The summed E-state index contributed by atoms with van der Waals surface area (Å²) in [6.45, 7) is 4.33. The molecule has 0 amide bonds. The SMILES string of the molecule is NC(CO)c1cncn1CCN1CCCCC1. The Labute approximate surface area is 102 Å². The van der Waals surface area contributed by atoms with Crippen molar-refractivity contribution in [2.75, 3.05) is 26.2 Å². The van der Waals surface area contributed by atoms with E-state index in [4.69, 9.17) is 10.8 Å². The molecule has 1 saturated heterocycles. The van der Waals surface area contributed by atoms with Crippen LogP contribution in [0, 0.1) is 0 Å². The molecule has 1 aromatic heterocycles. The Kier molecular flexibility index (Phi) is 4.53. The van der Waals surface area contributed by atoms with Gasteiger partial charge in [0.25, 0.3) is 0 Å². The number of likely N-dealkylation sites (tertiary alicyclic amines) is 1. The molecule has 0 bridgehead atoms. The van der Waals surface area contributed by atoms with Gasteiger partial charge in [0, 0.05) is 19.3 Å². The van der Waals surface area contributed by atoms with Crippen molar-refractivity contribution >= 4 is 0 Å². The predicted molar refractivity (Wildman–Crippen MR) is 66.5 cm³/mol. The topological polar surface area (TPSA) is 67.3 Å². The Morgan fingerprint density at radius 2 is 2.06 bits per heavy atom. The van der Waals surface area contributed by atoms with Crippen LogP contribution in [-0.2, 0) is 6.54 Å². The van der Waals surface area contributed by atoms with Gasteiger partial charge in [-0.1, -0.05) is 6.42 Å². The van der Waals surface area contributed by atoms with Crippen LogP contribution in [0.15, 0.2) is 12.5 Å². The van der Waals surface area contributed by atoms with Crippen molar-refractivity contribution in [1.29, 1.82) is 0 Å². The number of aliphatic hydroxyl groups is 1. The van der Waals surface area contributed by atoms with E-state index in [1.807, 2.05) is 0 Å². The van der Waals surface area contributed by atoms with Gasteiger partial charge >= 0.3 is 0 Å². The molecule has 1 aliphatic rings. The lowest BCUT2D eigenvalue weighted by atomic mass is 10.1. The molecule has 1 unspecified atom stereocenters. The van der Waals surface area contributed by atoms with E-state index in [0.29, 0.717) is 0 Å². The molecule has 0 aliphatic carbocycles. The van der Waals surface area contributed by atoms with Gasteiger partial charge < -0.3 is 20.3 Å². The number of nitrogens with two attached hydrogens (primary N) is 1. The zero-order valence-corrected chi connectivity index (χ0v) is 10.3. The van der Waals surface area contributed by atoms with E-state index in [9.17, 15) is 0 Å². The van der Waals surface area contributed by atoms with Crippen LogP contribution in [0.1, 0.15) is 31.0 Å². The molecular weight excluding hydrogens is 216 g/mol. The van der Waals surface area contributed by atoms with E-state index in [1.54, 1.807) is 12.5 Å². The second kappa shape index (κ2) is 6.14. The number of piperidine rings is 1. The summed E-state index contributed by atoms with van der Waals surface area (Å²) in [5, 5.41) is 9.07. The van der Waals surface area contributed by atoms with Gasteiger partial charge in [0.15, 0.2) is 0 Å². The largest absolute Gasteiger partial charge is 0.394 e. The van der Waals surface area contributed by atoms with Gasteiger partial charge in [-0.3, -0.25) is 0 Å². The fourth-order valence-electron chi connectivity index (χ4n) is 2.35. The summed E-state index contributed by atoms with van der Waals surface area (Å²) in [4.78, 5) is 6.59. The second-order valence-electron chi connectivity index (χ2n) is 4.70. The Balaban J connectivity index is 1.87. The van der Waals surface area contributed by atoms with Gasteiger partial charge in [-0.25, -0.2) is 4.98 Å². The number of aliphatic hydroxyl groups excluding tert-OH is 1. The van der Waals surface area contributed by atoms with Gasteiger partial charge in [0.05, 0.1) is 24.7 Å². The minimum Gasteiger partial charge on any atom is -0.394 e. The monoisotopic (exact) mass is 238 g/mol. The maximum Gasteiger partial charge on any atom is 0.0949 e. The standard InChI is InChI=1S/C12H22N4O/c13-11(9-17)12-8-14-10-16(12)7-6-15-4-2-1-3-5-15/h8,10-11,17H,1-7,9,13H2. The number of aromatic nitrogens is 2. The van der Waals surface area contributed by atoms with Crippen molar-refractivity contribution in [3.8, 4) is 0 Å². The molecule has 0 saturated carbocycles. The zero-order chi connectivity index (χ0) is 12.1. The maximum absolute atomic E-state index is 9.07. The molecule has 1 atom stereocenters. The van der Waals surface area contributed by atoms with Crippen molar-refractivity contribution in [3.05, 3.63) is 18.2 Å². The zero-order valence-electron chi connectivity index (χ0n) is 10.3. The molecule has 2 heterocycles. The second-order valence-corrected chi connectivity index (χ2v) is 4.70. The Morgan fingerprint density at radius 1 is 1.29 bits per heavy atom. The number of nitrogens with zero attached hydrogens (tertiary/aromatic N) is 3. The number of hydrogen-bond donors (Lipinski definition) is 2. The minimum atomic E-state index is -0.321. The van der Waals surface area contributed by atoms with Crippen molar-refractivity contribution in [3.63, 3.8) is 0 Å². The Bertz CT molecular complexity index is 333. The van der Waals surface area contributed by atoms with Crippen LogP contribution < -0.4 is 5.73 Å². The molecule has 5 nitrogen and oxygen atoms in total. The number of rotatable bonds is 5. The minimum absolute atomic E-state index is 0.0323. The predicted octanol–water partition coefficient (Wildman–Crippen LogP) is 0.361. The molecule has 1 fully saturated rings. The van der Waals surface area contributed by atoms with Gasteiger partial charge in [0.1, 0.15) is 0 Å². The normalized spacial score (nSPS) is 19.4. The van der Waals surface area contributed by atoms with E-state index in [2.05, 4.69) is 14.5 Å². The van der Waals surface area contributed by atoms with Gasteiger partial charge in [-0.05, 0) is 25.9 Å². The Morgan fingerprint density at radius 3 is 2.76 bits per heavy atom. The molecule has 96 valence electrons. The molecule has 17 heavy (non-hydrogen) atoms. The summed E-state index contributed by atoms with van der Waals surface area (Å²) in [5.74, 6) is 0. The lowest BCUT2D eigenvalue weighted by Crippen LogP contribution is -2.33. The molecule has 5 heteroatoms. The average molecular weight is 238 g/mol. The lowest BCUT2D eigenvalue weighted by Gasteiger charge is -2.26. The highest BCUT2D eigenvalue weighted by Gasteiger charge is 2.13. The summed E-state index contributed by atoms with van der Waals surface area (Å²) in [5.41, 5.74) is 6.74. The van der Waals surface area contributed by atoms with E-state index >= 15 is 0 Å². The summed E-state index contributed by atoms with van der Waals surface area (Å²) in [6, 6.07) is -0.321. The average Bonchev–Trinajstić information content (AvgIpc) is 2.85. The van der Waals surface area contributed by atoms with Crippen LogP contribution in [0.4, 0.5) is 0 Å². The fourth-order valence-corrected chi connectivity index (χ4v) is 2.35. The van der Waals surface area contributed by atoms with Crippen LogP contribution in [0.5, 0.6) is 0 Å².